The van der Waals surface area contributed by atoms with Crippen LogP contribution < -0.4 is 10.1 Å². The third-order valence-corrected chi connectivity index (χ3v) is 3.80. The van der Waals surface area contributed by atoms with Gasteiger partial charge in [-0.15, -0.1) is 11.8 Å². The van der Waals surface area contributed by atoms with E-state index in [1.807, 2.05) is 30.5 Å². The monoisotopic (exact) mass is 305 g/mol. The molecule has 0 fully saturated rings. The maximum absolute atomic E-state index is 13.4. The van der Waals surface area contributed by atoms with E-state index in [-0.39, 0.29) is 5.82 Å². The first-order chi connectivity index (χ1) is 10.2. The van der Waals surface area contributed by atoms with Gasteiger partial charge in [0.2, 0.25) is 0 Å². The van der Waals surface area contributed by atoms with Crippen LogP contribution in [0.1, 0.15) is 18.9 Å². The van der Waals surface area contributed by atoms with E-state index in [4.69, 9.17) is 4.74 Å². The number of halogens is 1. The van der Waals surface area contributed by atoms with Crippen LogP contribution in [0.25, 0.3) is 0 Å². The van der Waals surface area contributed by atoms with E-state index in [0.717, 1.165) is 24.3 Å². The highest BCUT2D eigenvalue weighted by Crippen LogP contribution is 2.27. The van der Waals surface area contributed by atoms with Crippen molar-refractivity contribution >= 4 is 11.8 Å². The predicted octanol–water partition coefficient (Wildman–Crippen LogP) is 4.84. The van der Waals surface area contributed by atoms with Crippen LogP contribution in [-0.2, 0) is 6.54 Å². The Morgan fingerprint density at radius 2 is 1.90 bits per heavy atom. The van der Waals surface area contributed by atoms with Crippen LogP contribution in [-0.4, -0.2) is 12.8 Å². The Balaban J connectivity index is 2.13. The van der Waals surface area contributed by atoms with Gasteiger partial charge in [-0.2, -0.15) is 0 Å². The highest BCUT2D eigenvalue weighted by molar-refractivity contribution is 7.98. The summed E-state index contributed by atoms with van der Waals surface area (Å²) in [6.07, 6.45) is 3.08. The smallest absolute Gasteiger partial charge is 0.132 e. The molecule has 0 aliphatic carbocycles. The van der Waals surface area contributed by atoms with E-state index < -0.39 is 0 Å². The summed E-state index contributed by atoms with van der Waals surface area (Å²) in [6, 6.07) is 12.5. The van der Waals surface area contributed by atoms with Crippen LogP contribution >= 0.6 is 11.8 Å². The van der Waals surface area contributed by atoms with Crippen LogP contribution in [0.4, 0.5) is 4.39 Å². The molecule has 0 aliphatic heterocycles. The third kappa shape index (κ3) is 4.76. The standard InChI is InChI=1S/C17H20FNOS/c1-3-10-19-12-13-11-14(18)4-9-17(13)20-15-5-7-16(21-2)8-6-15/h4-9,11,19H,3,10,12H2,1-2H3. The fourth-order valence-electron chi connectivity index (χ4n) is 1.96. The lowest BCUT2D eigenvalue weighted by atomic mass is 10.2. The number of rotatable bonds is 7. The zero-order valence-electron chi connectivity index (χ0n) is 12.4. The zero-order valence-corrected chi connectivity index (χ0v) is 13.2. The molecule has 4 heteroatoms. The molecule has 2 rings (SSSR count). The molecule has 2 aromatic carbocycles. The van der Waals surface area contributed by atoms with Crippen LogP contribution in [0.5, 0.6) is 11.5 Å². The molecule has 0 unspecified atom stereocenters. The SMILES string of the molecule is CCCNCc1cc(F)ccc1Oc1ccc(SC)cc1. The second-order valence-corrected chi connectivity index (χ2v) is 5.59. The van der Waals surface area contributed by atoms with Crippen molar-refractivity contribution in [3.05, 3.63) is 53.8 Å². The molecule has 2 nitrogen and oxygen atoms in total. The lowest BCUT2D eigenvalue weighted by Crippen LogP contribution is -2.14. The molecule has 0 saturated carbocycles. The van der Waals surface area contributed by atoms with Crippen molar-refractivity contribution < 1.29 is 9.13 Å². The van der Waals surface area contributed by atoms with Gasteiger partial charge < -0.3 is 10.1 Å². The van der Waals surface area contributed by atoms with Gasteiger partial charge in [-0.25, -0.2) is 4.39 Å². The Morgan fingerprint density at radius 3 is 2.57 bits per heavy atom. The summed E-state index contributed by atoms with van der Waals surface area (Å²) in [7, 11) is 0. The zero-order chi connectivity index (χ0) is 15.1. The highest BCUT2D eigenvalue weighted by Gasteiger charge is 2.07. The Kier molecular flexibility index (Phi) is 6.08. The minimum atomic E-state index is -0.242. The highest BCUT2D eigenvalue weighted by atomic mass is 32.2. The van der Waals surface area contributed by atoms with Crippen molar-refractivity contribution in [3.63, 3.8) is 0 Å². The molecular weight excluding hydrogens is 285 g/mol. The minimum Gasteiger partial charge on any atom is -0.457 e. The summed E-state index contributed by atoms with van der Waals surface area (Å²) in [5.41, 5.74) is 0.831. The number of hydrogen-bond acceptors (Lipinski definition) is 3. The number of nitrogens with one attached hydrogen (secondary N) is 1. The van der Waals surface area contributed by atoms with Gasteiger partial charge in [-0.1, -0.05) is 6.92 Å². The minimum absolute atomic E-state index is 0.242. The van der Waals surface area contributed by atoms with E-state index in [2.05, 4.69) is 12.2 Å². The summed E-state index contributed by atoms with van der Waals surface area (Å²) in [5, 5.41) is 3.27. The Bertz CT molecular complexity index is 572. The number of thioether (sulfide) groups is 1. The van der Waals surface area contributed by atoms with Crippen LogP contribution in [0.2, 0.25) is 0 Å². The molecule has 2 aromatic rings. The van der Waals surface area contributed by atoms with Crippen molar-refractivity contribution in [2.45, 2.75) is 24.8 Å². The van der Waals surface area contributed by atoms with Crippen LogP contribution in [0, 0.1) is 5.82 Å². The normalized spacial score (nSPS) is 10.6. The van der Waals surface area contributed by atoms with E-state index in [1.165, 1.54) is 17.0 Å². The van der Waals surface area contributed by atoms with Gasteiger partial charge in [0.1, 0.15) is 17.3 Å². The lowest BCUT2D eigenvalue weighted by Gasteiger charge is -2.12. The van der Waals surface area contributed by atoms with Gasteiger partial charge in [0, 0.05) is 17.0 Å². The fourth-order valence-corrected chi connectivity index (χ4v) is 2.36. The molecule has 0 aliphatic rings. The molecule has 0 heterocycles. The maximum Gasteiger partial charge on any atom is 0.132 e. The first-order valence-electron chi connectivity index (χ1n) is 7.04. The molecular formula is C17H20FNOS. The van der Waals surface area contributed by atoms with Crippen molar-refractivity contribution in [3.8, 4) is 11.5 Å². The Labute approximate surface area is 129 Å². The Hall–Kier alpha value is -1.52. The predicted molar refractivity (Wildman–Crippen MR) is 86.7 cm³/mol. The molecule has 0 radical (unpaired) electrons. The number of hydrogen-bond donors (Lipinski definition) is 1. The molecule has 0 bridgehead atoms. The molecule has 0 saturated heterocycles. The molecule has 112 valence electrons. The molecule has 1 N–H and O–H groups in total. The van der Waals surface area contributed by atoms with Gasteiger partial charge in [0.25, 0.3) is 0 Å². The van der Waals surface area contributed by atoms with Crippen LogP contribution in [0.3, 0.4) is 0 Å². The van der Waals surface area contributed by atoms with Crippen molar-refractivity contribution in [2.24, 2.45) is 0 Å². The lowest BCUT2D eigenvalue weighted by molar-refractivity contribution is 0.469. The van der Waals surface area contributed by atoms with Gasteiger partial charge in [-0.05, 0) is 61.7 Å². The number of benzene rings is 2. The van der Waals surface area contributed by atoms with Gasteiger partial charge >= 0.3 is 0 Å². The third-order valence-electron chi connectivity index (χ3n) is 3.05. The van der Waals surface area contributed by atoms with Gasteiger partial charge in [0.05, 0.1) is 0 Å². The Morgan fingerprint density at radius 1 is 1.14 bits per heavy atom. The first-order valence-corrected chi connectivity index (χ1v) is 8.26. The molecule has 0 aromatic heterocycles. The summed E-state index contributed by atoms with van der Waals surface area (Å²) >= 11 is 1.69. The molecule has 0 atom stereocenters. The van der Waals surface area contributed by atoms with Gasteiger partial charge in [-0.3, -0.25) is 0 Å². The van der Waals surface area contributed by atoms with E-state index in [1.54, 1.807) is 17.8 Å². The average molecular weight is 305 g/mol. The topological polar surface area (TPSA) is 21.3 Å². The fraction of sp³-hybridized carbons (Fsp3) is 0.294. The van der Waals surface area contributed by atoms with Crippen molar-refractivity contribution in [1.82, 2.24) is 5.32 Å². The van der Waals surface area contributed by atoms with Gasteiger partial charge in [0.15, 0.2) is 0 Å². The van der Waals surface area contributed by atoms with Crippen LogP contribution in [0.15, 0.2) is 47.4 Å². The van der Waals surface area contributed by atoms with E-state index >= 15 is 0 Å². The van der Waals surface area contributed by atoms with E-state index in [0.29, 0.717) is 12.3 Å². The quantitative estimate of drug-likeness (QED) is 0.584. The largest absolute Gasteiger partial charge is 0.457 e. The van der Waals surface area contributed by atoms with Crippen molar-refractivity contribution in [1.29, 1.82) is 0 Å². The molecule has 21 heavy (non-hydrogen) atoms. The second-order valence-electron chi connectivity index (χ2n) is 4.71. The molecule has 0 amide bonds. The second kappa shape index (κ2) is 8.05. The van der Waals surface area contributed by atoms with Crippen molar-refractivity contribution in [2.75, 3.05) is 12.8 Å². The first kappa shape index (κ1) is 15.9. The molecule has 0 spiro atoms. The summed E-state index contributed by atoms with van der Waals surface area (Å²) in [4.78, 5) is 1.19. The summed E-state index contributed by atoms with van der Waals surface area (Å²) < 4.78 is 19.3. The average Bonchev–Trinajstić information content (AvgIpc) is 2.51. The number of ether oxygens (including phenoxy) is 1. The van der Waals surface area contributed by atoms with E-state index in [9.17, 15) is 4.39 Å². The summed E-state index contributed by atoms with van der Waals surface area (Å²) in [6.45, 7) is 3.60. The summed E-state index contributed by atoms with van der Waals surface area (Å²) in [5.74, 6) is 1.21. The maximum atomic E-state index is 13.4.